The van der Waals surface area contributed by atoms with Gasteiger partial charge < -0.3 is 14.8 Å². The Hall–Kier alpha value is -4.49. The summed E-state index contributed by atoms with van der Waals surface area (Å²) in [5.41, 5.74) is 4.57. The molecular weight excluding hydrogens is 480 g/mol. The summed E-state index contributed by atoms with van der Waals surface area (Å²) >= 11 is 1.34. The predicted molar refractivity (Wildman–Crippen MR) is 134 cm³/mol. The largest absolute Gasteiger partial charge is 0.497 e. The van der Waals surface area contributed by atoms with E-state index >= 15 is 0 Å². The maximum atomic E-state index is 12.3. The first-order valence-electron chi connectivity index (χ1n) is 11.1. The molecule has 1 aliphatic rings. The Morgan fingerprint density at radius 3 is 2.39 bits per heavy atom. The summed E-state index contributed by atoms with van der Waals surface area (Å²) in [5.74, 6) is -1.39. The zero-order valence-corrected chi connectivity index (χ0v) is 20.2. The van der Waals surface area contributed by atoms with Gasteiger partial charge >= 0.3 is 17.8 Å². The molecule has 2 N–H and O–H groups in total. The van der Waals surface area contributed by atoms with Crippen LogP contribution in [-0.4, -0.2) is 31.1 Å². The van der Waals surface area contributed by atoms with Gasteiger partial charge in [0.2, 0.25) is 0 Å². The summed E-state index contributed by atoms with van der Waals surface area (Å²) in [5, 5.41) is 16.2. The van der Waals surface area contributed by atoms with Gasteiger partial charge in [0.05, 0.1) is 24.5 Å². The lowest BCUT2D eigenvalue weighted by molar-refractivity contribution is -0.136. The molecule has 2 aromatic carbocycles. The number of amides is 2. The van der Waals surface area contributed by atoms with Gasteiger partial charge in [0.25, 0.3) is 0 Å². The number of carbonyl (C=O) groups is 3. The predicted octanol–water partition coefficient (Wildman–Crippen LogP) is 3.82. The van der Waals surface area contributed by atoms with Gasteiger partial charge in [0, 0.05) is 4.88 Å². The van der Waals surface area contributed by atoms with Gasteiger partial charge in [-0.05, 0) is 85.3 Å². The SMILES string of the molecule is COc1ccc(C(=O)Oc2ccc(/C=N/NC(=O)C(=O)Nc3sc4c(c3C#N)CCCC4)cc2)cc1. The van der Waals surface area contributed by atoms with Crippen molar-refractivity contribution in [1.29, 1.82) is 5.26 Å². The molecule has 36 heavy (non-hydrogen) atoms. The maximum absolute atomic E-state index is 12.3. The molecule has 0 radical (unpaired) electrons. The summed E-state index contributed by atoms with van der Waals surface area (Å²) in [6.07, 6.45) is 5.09. The van der Waals surface area contributed by atoms with Gasteiger partial charge in [-0.2, -0.15) is 10.4 Å². The number of aryl methyl sites for hydroxylation is 1. The zero-order chi connectivity index (χ0) is 25.5. The lowest BCUT2D eigenvalue weighted by Crippen LogP contribution is -2.32. The average Bonchev–Trinajstić information content (AvgIpc) is 3.26. The van der Waals surface area contributed by atoms with Gasteiger partial charge in [-0.25, -0.2) is 10.2 Å². The molecule has 1 aliphatic carbocycles. The number of esters is 1. The number of hydrogen-bond donors (Lipinski definition) is 2. The number of methoxy groups -OCH3 is 1. The van der Waals surface area contributed by atoms with E-state index in [1.54, 1.807) is 55.6 Å². The Labute approximate surface area is 211 Å². The van der Waals surface area contributed by atoms with E-state index in [-0.39, 0.29) is 0 Å². The van der Waals surface area contributed by atoms with E-state index in [1.807, 2.05) is 0 Å². The Bertz CT molecular complexity index is 1350. The molecule has 0 spiro atoms. The van der Waals surface area contributed by atoms with Crippen molar-refractivity contribution in [3.05, 3.63) is 75.7 Å². The molecule has 0 fully saturated rings. The number of rotatable bonds is 6. The van der Waals surface area contributed by atoms with Crippen LogP contribution in [0.3, 0.4) is 0 Å². The second-order valence-electron chi connectivity index (χ2n) is 7.87. The van der Waals surface area contributed by atoms with Crippen LogP contribution in [0.4, 0.5) is 5.00 Å². The minimum Gasteiger partial charge on any atom is -0.497 e. The summed E-state index contributed by atoms with van der Waals surface area (Å²) in [6.45, 7) is 0. The normalized spacial score (nSPS) is 12.3. The lowest BCUT2D eigenvalue weighted by Gasteiger charge is -2.09. The van der Waals surface area contributed by atoms with Gasteiger partial charge in [-0.1, -0.05) is 0 Å². The van der Waals surface area contributed by atoms with Gasteiger partial charge in [0.1, 0.15) is 22.6 Å². The van der Waals surface area contributed by atoms with Crippen LogP contribution >= 0.6 is 11.3 Å². The fourth-order valence-electron chi connectivity index (χ4n) is 3.66. The van der Waals surface area contributed by atoms with Crippen LogP contribution in [0, 0.1) is 11.3 Å². The first kappa shape index (κ1) is 24.6. The van der Waals surface area contributed by atoms with Crippen molar-refractivity contribution in [2.24, 2.45) is 5.10 Å². The minimum atomic E-state index is -0.952. The first-order valence-corrected chi connectivity index (χ1v) is 12.0. The number of hydrazone groups is 1. The first-order chi connectivity index (χ1) is 17.5. The van der Waals surface area contributed by atoms with Crippen molar-refractivity contribution in [3.63, 3.8) is 0 Å². The third kappa shape index (κ3) is 5.76. The molecule has 9 nitrogen and oxygen atoms in total. The van der Waals surface area contributed by atoms with Crippen LogP contribution < -0.4 is 20.2 Å². The van der Waals surface area contributed by atoms with E-state index in [0.29, 0.717) is 33.2 Å². The Morgan fingerprint density at radius 1 is 1.00 bits per heavy atom. The van der Waals surface area contributed by atoms with E-state index in [1.165, 1.54) is 17.6 Å². The van der Waals surface area contributed by atoms with Gasteiger partial charge in [-0.3, -0.25) is 9.59 Å². The second kappa shape index (κ2) is 11.3. The lowest BCUT2D eigenvalue weighted by atomic mass is 9.96. The summed E-state index contributed by atoms with van der Waals surface area (Å²) in [4.78, 5) is 37.8. The summed E-state index contributed by atoms with van der Waals surface area (Å²) in [7, 11) is 1.54. The van der Waals surface area contributed by atoms with Crippen molar-refractivity contribution < 1.29 is 23.9 Å². The Balaban J connectivity index is 1.29. The molecule has 2 amide bonds. The van der Waals surface area contributed by atoms with Crippen molar-refractivity contribution >= 4 is 40.3 Å². The van der Waals surface area contributed by atoms with E-state index in [4.69, 9.17) is 9.47 Å². The second-order valence-corrected chi connectivity index (χ2v) is 8.97. The number of hydrogen-bond acceptors (Lipinski definition) is 8. The molecule has 0 unspecified atom stereocenters. The number of ether oxygens (including phenoxy) is 2. The van der Waals surface area contributed by atoms with Crippen molar-refractivity contribution in [2.75, 3.05) is 12.4 Å². The van der Waals surface area contributed by atoms with E-state index in [0.717, 1.165) is 36.1 Å². The highest BCUT2D eigenvalue weighted by Crippen LogP contribution is 2.37. The topological polar surface area (TPSA) is 130 Å². The fraction of sp³-hybridized carbons (Fsp3) is 0.192. The summed E-state index contributed by atoms with van der Waals surface area (Å²) in [6, 6.07) is 15.1. The Morgan fingerprint density at radius 2 is 1.69 bits per heavy atom. The molecule has 182 valence electrons. The molecule has 0 bridgehead atoms. The third-order valence-corrected chi connectivity index (χ3v) is 6.72. The minimum absolute atomic E-state index is 0.336. The highest BCUT2D eigenvalue weighted by molar-refractivity contribution is 7.16. The number of thiophene rings is 1. The Kier molecular flexibility index (Phi) is 7.72. The molecule has 0 saturated carbocycles. The van der Waals surface area contributed by atoms with Crippen molar-refractivity contribution in [2.45, 2.75) is 25.7 Å². The van der Waals surface area contributed by atoms with Crippen molar-refractivity contribution in [1.82, 2.24) is 5.43 Å². The maximum Gasteiger partial charge on any atom is 0.343 e. The van der Waals surface area contributed by atoms with Crippen LogP contribution in [0.25, 0.3) is 0 Å². The molecule has 3 aromatic rings. The number of nitrogens with one attached hydrogen (secondary N) is 2. The monoisotopic (exact) mass is 502 g/mol. The average molecular weight is 503 g/mol. The molecule has 1 aromatic heterocycles. The number of nitrogens with zero attached hydrogens (tertiary/aromatic N) is 2. The molecule has 0 atom stereocenters. The zero-order valence-electron chi connectivity index (χ0n) is 19.4. The van der Waals surface area contributed by atoms with E-state index in [2.05, 4.69) is 21.9 Å². The van der Waals surface area contributed by atoms with Crippen LogP contribution in [0.1, 0.15) is 44.8 Å². The highest BCUT2D eigenvalue weighted by atomic mass is 32.1. The molecule has 10 heteroatoms. The molecule has 0 aliphatic heterocycles. The van der Waals surface area contributed by atoms with Crippen molar-refractivity contribution in [3.8, 4) is 17.6 Å². The smallest absolute Gasteiger partial charge is 0.343 e. The van der Waals surface area contributed by atoms with Crippen LogP contribution in [0.2, 0.25) is 0 Å². The van der Waals surface area contributed by atoms with Gasteiger partial charge in [0.15, 0.2) is 0 Å². The van der Waals surface area contributed by atoms with Crippen LogP contribution in [-0.2, 0) is 22.4 Å². The number of nitriles is 1. The highest BCUT2D eigenvalue weighted by Gasteiger charge is 2.23. The number of carbonyl (C=O) groups excluding carboxylic acids is 3. The quantitative estimate of drug-likeness (QED) is 0.173. The number of anilines is 1. The van der Waals surface area contributed by atoms with E-state index < -0.39 is 17.8 Å². The van der Waals surface area contributed by atoms with Crippen LogP contribution in [0.15, 0.2) is 53.6 Å². The standard InChI is InChI=1S/C26H22N4O5S/c1-34-18-12-8-17(9-13-18)26(33)35-19-10-6-16(7-11-19)15-28-30-24(32)23(31)29-25-21(14-27)20-4-2-3-5-22(20)36-25/h6-13,15H,2-5H2,1H3,(H,29,31)(H,30,32)/b28-15+. The number of fused-ring (bicyclic) bond motifs is 1. The summed E-state index contributed by atoms with van der Waals surface area (Å²) < 4.78 is 10.4. The van der Waals surface area contributed by atoms with Gasteiger partial charge in [-0.15, -0.1) is 11.3 Å². The van der Waals surface area contributed by atoms with Crippen LogP contribution in [0.5, 0.6) is 11.5 Å². The third-order valence-electron chi connectivity index (χ3n) is 5.51. The molecular formula is C26H22N4O5S. The fourth-order valence-corrected chi connectivity index (χ4v) is 4.90. The van der Waals surface area contributed by atoms with E-state index in [9.17, 15) is 19.6 Å². The molecule has 0 saturated heterocycles. The molecule has 4 rings (SSSR count). The molecule has 1 heterocycles. The number of benzene rings is 2.